The van der Waals surface area contributed by atoms with Crippen LogP contribution in [0.5, 0.6) is 5.75 Å². The average Bonchev–Trinajstić information content (AvgIpc) is 2.59. The Balaban J connectivity index is 1.74. The molecule has 0 aliphatic carbocycles. The van der Waals surface area contributed by atoms with Crippen molar-refractivity contribution in [3.8, 4) is 5.75 Å². The van der Waals surface area contributed by atoms with Crippen LogP contribution >= 0.6 is 0 Å². The zero-order valence-electron chi connectivity index (χ0n) is 15.8. The number of benzene rings is 2. The molecule has 0 unspecified atom stereocenters. The molecule has 0 bridgehead atoms. The van der Waals surface area contributed by atoms with Gasteiger partial charge in [-0.3, -0.25) is 9.59 Å². The Morgan fingerprint density at radius 2 is 1.86 bits per heavy atom. The van der Waals surface area contributed by atoms with Gasteiger partial charge in [0.25, 0.3) is 5.91 Å². The van der Waals surface area contributed by atoms with Gasteiger partial charge in [0.15, 0.2) is 6.61 Å². The van der Waals surface area contributed by atoms with E-state index in [9.17, 15) is 18.0 Å². The smallest absolute Gasteiger partial charge is 0.262 e. The van der Waals surface area contributed by atoms with Crippen LogP contribution in [-0.4, -0.2) is 44.7 Å². The maximum atomic E-state index is 12.8. The first-order chi connectivity index (χ1) is 13.1. The fraction of sp³-hybridized carbons (Fsp3) is 0.263. The monoisotopic (exact) mass is 403 g/mol. The summed E-state index contributed by atoms with van der Waals surface area (Å²) in [6.45, 7) is 3.36. The van der Waals surface area contributed by atoms with Crippen LogP contribution < -0.4 is 15.4 Å². The van der Waals surface area contributed by atoms with E-state index in [1.165, 1.54) is 25.2 Å². The predicted octanol–water partition coefficient (Wildman–Crippen LogP) is 1.89. The number of likely N-dealkylation sites (N-methyl/N-ethyl adjacent to an activating group) is 1. The molecule has 1 aliphatic heterocycles. The number of fused-ring (bicyclic) bond motifs is 1. The van der Waals surface area contributed by atoms with Crippen LogP contribution in [0.15, 0.2) is 41.3 Å². The average molecular weight is 403 g/mol. The molecule has 2 aromatic rings. The van der Waals surface area contributed by atoms with E-state index in [1.807, 2.05) is 32.0 Å². The Kier molecular flexibility index (Phi) is 5.39. The third-order valence-electron chi connectivity index (χ3n) is 4.16. The molecule has 0 atom stereocenters. The van der Waals surface area contributed by atoms with Crippen molar-refractivity contribution in [3.63, 3.8) is 0 Å². The van der Waals surface area contributed by atoms with Crippen LogP contribution in [0.1, 0.15) is 11.1 Å². The first-order valence-corrected chi connectivity index (χ1v) is 10.0. The molecule has 0 saturated carbocycles. The van der Waals surface area contributed by atoms with Crippen LogP contribution in [-0.2, 0) is 19.6 Å². The molecule has 0 fully saturated rings. The Hall–Kier alpha value is -2.91. The molecule has 2 N–H and O–H groups in total. The van der Waals surface area contributed by atoms with E-state index < -0.39 is 15.9 Å². The molecular formula is C19H21N3O5S. The first-order valence-electron chi connectivity index (χ1n) is 8.56. The summed E-state index contributed by atoms with van der Waals surface area (Å²) >= 11 is 0. The number of hydrogen-bond donors (Lipinski definition) is 2. The molecule has 1 heterocycles. The van der Waals surface area contributed by atoms with Crippen molar-refractivity contribution in [2.45, 2.75) is 18.7 Å². The molecule has 0 aromatic heterocycles. The Morgan fingerprint density at radius 1 is 1.18 bits per heavy atom. The number of nitrogens with zero attached hydrogens (tertiary/aromatic N) is 1. The van der Waals surface area contributed by atoms with Crippen molar-refractivity contribution in [1.29, 1.82) is 0 Å². The number of amides is 2. The van der Waals surface area contributed by atoms with Gasteiger partial charge in [0.2, 0.25) is 15.9 Å². The maximum Gasteiger partial charge on any atom is 0.262 e. The highest BCUT2D eigenvalue weighted by molar-refractivity contribution is 7.89. The second kappa shape index (κ2) is 7.61. The molecule has 0 saturated heterocycles. The molecule has 8 nitrogen and oxygen atoms in total. The van der Waals surface area contributed by atoms with Gasteiger partial charge in [-0.05, 0) is 55.3 Å². The molecule has 0 spiro atoms. The van der Waals surface area contributed by atoms with Gasteiger partial charge in [-0.2, -0.15) is 4.31 Å². The summed E-state index contributed by atoms with van der Waals surface area (Å²) in [4.78, 5) is 23.7. The third kappa shape index (κ3) is 4.32. The number of carbonyl (C=O) groups excluding carboxylic acids is 2. The van der Waals surface area contributed by atoms with Gasteiger partial charge >= 0.3 is 0 Å². The second-order valence-electron chi connectivity index (χ2n) is 6.68. The highest BCUT2D eigenvalue weighted by atomic mass is 32.2. The quantitative estimate of drug-likeness (QED) is 0.793. The van der Waals surface area contributed by atoms with Gasteiger partial charge in [0.05, 0.1) is 17.1 Å². The SMILES string of the molecule is Cc1cc(C)cc(NC(=O)CN(C)S(=O)(=O)c2ccc3c(c2)NC(=O)CO3)c1. The van der Waals surface area contributed by atoms with Crippen LogP contribution in [0.25, 0.3) is 0 Å². The molecule has 3 rings (SSSR count). The molecule has 2 aromatic carbocycles. The molecule has 1 aliphatic rings. The maximum absolute atomic E-state index is 12.8. The minimum Gasteiger partial charge on any atom is -0.482 e. The Bertz CT molecular complexity index is 1030. The zero-order valence-corrected chi connectivity index (χ0v) is 16.6. The van der Waals surface area contributed by atoms with E-state index in [1.54, 1.807) is 0 Å². The lowest BCUT2D eigenvalue weighted by molar-refractivity contribution is -0.118. The zero-order chi connectivity index (χ0) is 20.5. The first kappa shape index (κ1) is 19.8. The molecular weight excluding hydrogens is 382 g/mol. The summed E-state index contributed by atoms with van der Waals surface area (Å²) in [7, 11) is -2.60. The van der Waals surface area contributed by atoms with E-state index in [4.69, 9.17) is 4.74 Å². The summed E-state index contributed by atoms with van der Waals surface area (Å²) < 4.78 is 31.8. The Morgan fingerprint density at radius 3 is 2.54 bits per heavy atom. The normalized spacial score (nSPS) is 13.5. The second-order valence-corrected chi connectivity index (χ2v) is 8.73. The lowest BCUT2D eigenvalue weighted by Crippen LogP contribution is -2.35. The Labute approximate surface area is 163 Å². The summed E-state index contributed by atoms with van der Waals surface area (Å²) in [6.07, 6.45) is 0. The number of anilines is 2. The van der Waals surface area contributed by atoms with Crippen LogP contribution in [0, 0.1) is 13.8 Å². The predicted molar refractivity (Wildman–Crippen MR) is 105 cm³/mol. The van der Waals surface area contributed by atoms with Crippen molar-refractivity contribution < 1.29 is 22.7 Å². The standard InChI is InChI=1S/C19H21N3O5S/c1-12-6-13(2)8-14(7-12)20-18(23)10-22(3)28(25,26)15-4-5-17-16(9-15)21-19(24)11-27-17/h4-9H,10-11H2,1-3H3,(H,20,23)(H,21,24). The van der Waals surface area contributed by atoms with Crippen LogP contribution in [0.2, 0.25) is 0 Å². The highest BCUT2D eigenvalue weighted by Gasteiger charge is 2.26. The minimum absolute atomic E-state index is 0.0428. The van der Waals surface area contributed by atoms with Gasteiger partial charge in [0.1, 0.15) is 5.75 Å². The number of nitrogens with one attached hydrogen (secondary N) is 2. The molecule has 148 valence electrons. The van der Waals surface area contributed by atoms with E-state index >= 15 is 0 Å². The van der Waals surface area contributed by atoms with E-state index in [0.717, 1.165) is 15.4 Å². The molecule has 28 heavy (non-hydrogen) atoms. The summed E-state index contributed by atoms with van der Waals surface area (Å²) in [6, 6.07) is 9.77. The minimum atomic E-state index is -3.93. The number of ether oxygens (including phenoxy) is 1. The molecule has 9 heteroatoms. The number of sulfonamides is 1. The van der Waals surface area contributed by atoms with Crippen molar-refractivity contribution >= 4 is 33.2 Å². The van der Waals surface area contributed by atoms with E-state index in [2.05, 4.69) is 10.6 Å². The van der Waals surface area contributed by atoms with Gasteiger partial charge in [-0.15, -0.1) is 0 Å². The lowest BCUT2D eigenvalue weighted by Gasteiger charge is -2.21. The largest absolute Gasteiger partial charge is 0.482 e. The number of hydrogen-bond acceptors (Lipinski definition) is 5. The summed E-state index contributed by atoms with van der Waals surface area (Å²) in [5.41, 5.74) is 2.89. The van der Waals surface area contributed by atoms with Crippen LogP contribution in [0.4, 0.5) is 11.4 Å². The molecule has 0 radical (unpaired) electrons. The lowest BCUT2D eigenvalue weighted by atomic mass is 10.1. The fourth-order valence-corrected chi connectivity index (χ4v) is 4.09. The molecule has 2 amide bonds. The number of carbonyl (C=O) groups is 2. The number of aryl methyl sites for hydroxylation is 2. The summed E-state index contributed by atoms with van der Waals surface area (Å²) in [5.74, 6) is -0.414. The third-order valence-corrected chi connectivity index (χ3v) is 5.96. The van der Waals surface area contributed by atoms with E-state index in [0.29, 0.717) is 11.4 Å². The van der Waals surface area contributed by atoms with Crippen LogP contribution in [0.3, 0.4) is 0 Å². The van der Waals surface area contributed by atoms with Gasteiger partial charge in [-0.1, -0.05) is 6.07 Å². The number of rotatable bonds is 5. The van der Waals surface area contributed by atoms with Gasteiger partial charge in [-0.25, -0.2) is 8.42 Å². The highest BCUT2D eigenvalue weighted by Crippen LogP contribution is 2.30. The van der Waals surface area contributed by atoms with Gasteiger partial charge in [0, 0.05) is 12.7 Å². The topological polar surface area (TPSA) is 105 Å². The summed E-state index contributed by atoms with van der Waals surface area (Å²) in [5, 5.41) is 5.28. The van der Waals surface area contributed by atoms with Crippen molar-refractivity contribution in [2.75, 3.05) is 30.8 Å². The van der Waals surface area contributed by atoms with Crippen molar-refractivity contribution in [1.82, 2.24) is 4.31 Å². The fourth-order valence-electron chi connectivity index (χ4n) is 2.94. The van der Waals surface area contributed by atoms with E-state index in [-0.39, 0.29) is 29.6 Å². The van der Waals surface area contributed by atoms with Crippen molar-refractivity contribution in [3.05, 3.63) is 47.5 Å². The van der Waals surface area contributed by atoms with Crippen molar-refractivity contribution in [2.24, 2.45) is 0 Å². The van der Waals surface area contributed by atoms with Gasteiger partial charge < -0.3 is 15.4 Å².